The van der Waals surface area contributed by atoms with Gasteiger partial charge >= 0.3 is 5.97 Å². The highest BCUT2D eigenvalue weighted by molar-refractivity contribution is 8.04. The van der Waals surface area contributed by atoms with Gasteiger partial charge in [-0.25, -0.2) is 4.79 Å². The topological polar surface area (TPSA) is 26.3 Å². The van der Waals surface area contributed by atoms with Crippen molar-refractivity contribution in [3.8, 4) is 0 Å². The maximum Gasteiger partial charge on any atom is 0.344 e. The molecule has 1 rings (SSSR count). The second-order valence-electron chi connectivity index (χ2n) is 2.70. The fraction of sp³-hybridized carbons (Fsp3) is 0.182. The zero-order valence-electron chi connectivity index (χ0n) is 8.33. The standard InChI is InChI=1S/C11H11ClO2S/c1-3-14-11(13)8(2)15-10-6-4-5-9(12)7-10/h4-7H,2-3H2,1H3. The molecule has 0 aliphatic rings. The van der Waals surface area contributed by atoms with Gasteiger partial charge in [0.2, 0.25) is 0 Å². The van der Waals surface area contributed by atoms with Gasteiger partial charge < -0.3 is 4.74 Å². The predicted octanol–water partition coefficient (Wildman–Crippen LogP) is 3.51. The first-order valence-corrected chi connectivity index (χ1v) is 5.62. The van der Waals surface area contributed by atoms with Crippen LogP contribution >= 0.6 is 23.4 Å². The molecular weight excluding hydrogens is 232 g/mol. The summed E-state index contributed by atoms with van der Waals surface area (Å²) < 4.78 is 4.81. The highest BCUT2D eigenvalue weighted by Crippen LogP contribution is 2.27. The number of hydrogen-bond donors (Lipinski definition) is 0. The lowest BCUT2D eigenvalue weighted by Crippen LogP contribution is -2.03. The molecule has 1 aromatic rings. The third-order valence-electron chi connectivity index (χ3n) is 1.54. The minimum Gasteiger partial charge on any atom is -0.462 e. The third kappa shape index (κ3) is 3.98. The number of halogens is 1. The molecular formula is C11H11ClO2S. The van der Waals surface area contributed by atoms with Gasteiger partial charge in [0, 0.05) is 9.92 Å². The fourth-order valence-corrected chi connectivity index (χ4v) is 1.94. The molecule has 0 spiro atoms. The van der Waals surface area contributed by atoms with Crippen LogP contribution in [0.4, 0.5) is 0 Å². The molecule has 0 aliphatic heterocycles. The van der Waals surface area contributed by atoms with E-state index in [1.54, 1.807) is 19.1 Å². The Kier molecular flexibility index (Phi) is 4.72. The van der Waals surface area contributed by atoms with E-state index < -0.39 is 0 Å². The lowest BCUT2D eigenvalue weighted by Gasteiger charge is -2.04. The van der Waals surface area contributed by atoms with Crippen LogP contribution in [-0.2, 0) is 9.53 Å². The zero-order valence-corrected chi connectivity index (χ0v) is 9.90. The van der Waals surface area contributed by atoms with Crippen molar-refractivity contribution >= 4 is 29.3 Å². The Morgan fingerprint density at radius 1 is 1.60 bits per heavy atom. The van der Waals surface area contributed by atoms with E-state index in [1.807, 2.05) is 12.1 Å². The second kappa shape index (κ2) is 5.83. The van der Waals surface area contributed by atoms with Crippen LogP contribution in [0.3, 0.4) is 0 Å². The van der Waals surface area contributed by atoms with Gasteiger partial charge in [-0.05, 0) is 25.1 Å². The highest BCUT2D eigenvalue weighted by atomic mass is 35.5. The molecule has 0 radical (unpaired) electrons. The summed E-state index contributed by atoms with van der Waals surface area (Å²) in [5.41, 5.74) is 0. The first-order chi connectivity index (χ1) is 7.13. The Balaban J connectivity index is 2.62. The monoisotopic (exact) mass is 242 g/mol. The van der Waals surface area contributed by atoms with Gasteiger partial charge in [-0.1, -0.05) is 36.0 Å². The number of ether oxygens (including phenoxy) is 1. The second-order valence-corrected chi connectivity index (χ2v) is 4.31. The molecule has 4 heteroatoms. The van der Waals surface area contributed by atoms with Crippen LogP contribution in [0.1, 0.15) is 6.92 Å². The summed E-state index contributed by atoms with van der Waals surface area (Å²) >= 11 is 7.06. The molecule has 0 saturated carbocycles. The van der Waals surface area contributed by atoms with E-state index in [0.717, 1.165) is 4.90 Å². The molecule has 0 heterocycles. The smallest absolute Gasteiger partial charge is 0.344 e. The number of carbonyl (C=O) groups is 1. The number of carbonyl (C=O) groups excluding carboxylic acids is 1. The van der Waals surface area contributed by atoms with Crippen LogP contribution in [0.5, 0.6) is 0 Å². The van der Waals surface area contributed by atoms with Gasteiger partial charge in [0.25, 0.3) is 0 Å². The largest absolute Gasteiger partial charge is 0.462 e. The lowest BCUT2D eigenvalue weighted by molar-refractivity contribution is -0.137. The summed E-state index contributed by atoms with van der Waals surface area (Å²) in [5, 5.41) is 0.636. The number of benzene rings is 1. The predicted molar refractivity (Wildman–Crippen MR) is 63.1 cm³/mol. The average molecular weight is 243 g/mol. The summed E-state index contributed by atoms with van der Waals surface area (Å²) in [6.07, 6.45) is 0. The minimum absolute atomic E-state index is 0.355. The van der Waals surface area contributed by atoms with Crippen molar-refractivity contribution in [2.75, 3.05) is 6.61 Å². The SMILES string of the molecule is C=C(Sc1cccc(Cl)c1)C(=O)OCC. The molecule has 0 fully saturated rings. The molecule has 0 atom stereocenters. The molecule has 2 nitrogen and oxygen atoms in total. The van der Waals surface area contributed by atoms with Crippen molar-refractivity contribution in [2.24, 2.45) is 0 Å². The van der Waals surface area contributed by atoms with Crippen molar-refractivity contribution in [3.05, 3.63) is 40.8 Å². The van der Waals surface area contributed by atoms with Gasteiger partial charge in [-0.3, -0.25) is 0 Å². The van der Waals surface area contributed by atoms with Crippen molar-refractivity contribution in [1.82, 2.24) is 0 Å². The summed E-state index contributed by atoms with van der Waals surface area (Å²) in [6.45, 7) is 5.76. The summed E-state index contributed by atoms with van der Waals surface area (Å²) in [5.74, 6) is -0.387. The normalized spacial score (nSPS) is 9.73. The van der Waals surface area contributed by atoms with Gasteiger partial charge in [0.15, 0.2) is 0 Å². The number of thioether (sulfide) groups is 1. The highest BCUT2D eigenvalue weighted by Gasteiger charge is 2.09. The van der Waals surface area contributed by atoms with Crippen molar-refractivity contribution < 1.29 is 9.53 Å². The summed E-state index contributed by atoms with van der Waals surface area (Å²) in [6, 6.07) is 7.24. The van der Waals surface area contributed by atoms with Crippen LogP contribution in [0.25, 0.3) is 0 Å². The minimum atomic E-state index is -0.387. The van der Waals surface area contributed by atoms with Gasteiger partial charge in [0.05, 0.1) is 11.5 Å². The molecule has 80 valence electrons. The van der Waals surface area contributed by atoms with E-state index in [0.29, 0.717) is 16.5 Å². The summed E-state index contributed by atoms with van der Waals surface area (Å²) in [4.78, 5) is 12.5. The molecule has 15 heavy (non-hydrogen) atoms. The van der Waals surface area contributed by atoms with Crippen LogP contribution in [0.2, 0.25) is 5.02 Å². The Morgan fingerprint density at radius 3 is 2.93 bits per heavy atom. The number of rotatable bonds is 4. The van der Waals surface area contributed by atoms with Gasteiger partial charge in [0.1, 0.15) is 0 Å². The number of esters is 1. The first kappa shape index (κ1) is 12.1. The van der Waals surface area contributed by atoms with Crippen LogP contribution in [-0.4, -0.2) is 12.6 Å². The lowest BCUT2D eigenvalue weighted by atomic mass is 10.4. The third-order valence-corrected chi connectivity index (χ3v) is 2.68. The molecule has 1 aromatic carbocycles. The van der Waals surface area contributed by atoms with Crippen LogP contribution in [0.15, 0.2) is 40.6 Å². The first-order valence-electron chi connectivity index (χ1n) is 4.43. The van der Waals surface area contributed by atoms with Gasteiger partial charge in [-0.2, -0.15) is 0 Å². The van der Waals surface area contributed by atoms with E-state index in [2.05, 4.69) is 6.58 Å². The number of hydrogen-bond acceptors (Lipinski definition) is 3. The van der Waals surface area contributed by atoms with Crippen molar-refractivity contribution in [3.63, 3.8) is 0 Å². The van der Waals surface area contributed by atoms with Gasteiger partial charge in [-0.15, -0.1) is 0 Å². The molecule has 0 unspecified atom stereocenters. The molecule has 0 N–H and O–H groups in total. The van der Waals surface area contributed by atoms with Crippen LogP contribution < -0.4 is 0 Å². The average Bonchev–Trinajstić information content (AvgIpc) is 2.18. The van der Waals surface area contributed by atoms with E-state index in [1.165, 1.54) is 11.8 Å². The van der Waals surface area contributed by atoms with E-state index in [-0.39, 0.29) is 5.97 Å². The maximum atomic E-state index is 11.3. The fourth-order valence-electron chi connectivity index (χ4n) is 0.926. The molecule has 0 amide bonds. The van der Waals surface area contributed by atoms with E-state index in [9.17, 15) is 4.79 Å². The maximum absolute atomic E-state index is 11.3. The van der Waals surface area contributed by atoms with E-state index in [4.69, 9.17) is 16.3 Å². The van der Waals surface area contributed by atoms with Crippen molar-refractivity contribution in [2.45, 2.75) is 11.8 Å². The summed E-state index contributed by atoms with van der Waals surface area (Å²) in [7, 11) is 0. The molecule has 0 saturated heterocycles. The van der Waals surface area contributed by atoms with Crippen LogP contribution in [0, 0.1) is 0 Å². The Labute approximate surface area is 98.3 Å². The quantitative estimate of drug-likeness (QED) is 0.459. The Hall–Kier alpha value is -0.930. The molecule has 0 aliphatic carbocycles. The Bertz CT molecular complexity index is 377. The molecule has 0 bridgehead atoms. The molecule has 0 aromatic heterocycles. The Morgan fingerprint density at radius 2 is 2.33 bits per heavy atom. The van der Waals surface area contributed by atoms with Crippen molar-refractivity contribution in [1.29, 1.82) is 0 Å². The van der Waals surface area contributed by atoms with E-state index >= 15 is 0 Å². The zero-order chi connectivity index (χ0) is 11.3.